The summed E-state index contributed by atoms with van der Waals surface area (Å²) in [6, 6.07) is 3.04. The Balaban J connectivity index is 3.19. The summed E-state index contributed by atoms with van der Waals surface area (Å²) in [5, 5.41) is 17.9. The molecule has 0 aliphatic rings. The first-order valence-electron chi connectivity index (χ1n) is 6.01. The van der Waals surface area contributed by atoms with Gasteiger partial charge in [0.05, 0.1) is 24.3 Å². The van der Waals surface area contributed by atoms with Gasteiger partial charge >= 0.3 is 19.8 Å². The maximum Gasteiger partial charge on any atom is 0.530 e. The van der Waals surface area contributed by atoms with Crippen LogP contribution in [0.5, 0.6) is 5.75 Å². The molecule has 116 valence electrons. The third kappa shape index (κ3) is 4.86. The predicted octanol–water partition coefficient (Wildman–Crippen LogP) is 2.64. The van der Waals surface area contributed by atoms with Crippen molar-refractivity contribution in [2.24, 2.45) is 0 Å². The van der Waals surface area contributed by atoms with Crippen LogP contribution >= 0.6 is 7.82 Å². The number of aromatic carboxylic acids is 2. The number of carboxylic acid groups (broad SMARTS) is 2. The van der Waals surface area contributed by atoms with Crippen molar-refractivity contribution in [3.8, 4) is 5.75 Å². The average Bonchev–Trinajstić information content (AvgIpc) is 2.38. The molecule has 0 fully saturated rings. The fraction of sp³-hybridized carbons (Fsp3) is 0.333. The molecule has 0 aromatic heterocycles. The number of hydrogen-bond acceptors (Lipinski definition) is 6. The molecule has 8 nitrogen and oxygen atoms in total. The molecule has 9 heteroatoms. The standard InChI is InChI=1S/C12H15O8P/c1-3-18-21(17,19-4-2)20-10-6-8(11(13)14)5-9(7-10)12(15)16/h5-7H,3-4H2,1-2H3,(H,13,14)(H,15,16). The summed E-state index contributed by atoms with van der Waals surface area (Å²) in [4.78, 5) is 21.9. The van der Waals surface area contributed by atoms with Gasteiger partial charge in [-0.15, -0.1) is 0 Å². The molecule has 0 aliphatic carbocycles. The SMILES string of the molecule is CCOP(=O)(OCC)Oc1cc(C(=O)O)cc(C(=O)O)c1. The van der Waals surface area contributed by atoms with Gasteiger partial charge in [-0.2, -0.15) is 0 Å². The number of carbonyl (C=O) groups is 2. The molecule has 0 radical (unpaired) electrons. The number of benzene rings is 1. The molecule has 2 N–H and O–H groups in total. The lowest BCUT2D eigenvalue weighted by atomic mass is 10.1. The van der Waals surface area contributed by atoms with Gasteiger partial charge in [-0.3, -0.25) is 9.05 Å². The lowest BCUT2D eigenvalue weighted by molar-refractivity contribution is 0.0696. The predicted molar refractivity (Wildman–Crippen MR) is 71.8 cm³/mol. The molecule has 0 aliphatic heterocycles. The lowest BCUT2D eigenvalue weighted by Crippen LogP contribution is -2.06. The van der Waals surface area contributed by atoms with E-state index >= 15 is 0 Å². The highest BCUT2D eigenvalue weighted by Crippen LogP contribution is 2.49. The van der Waals surface area contributed by atoms with E-state index < -0.39 is 19.8 Å². The van der Waals surface area contributed by atoms with Crippen LogP contribution in [0.4, 0.5) is 0 Å². The lowest BCUT2D eigenvalue weighted by Gasteiger charge is -2.17. The first kappa shape index (κ1) is 17.2. The van der Waals surface area contributed by atoms with Crippen molar-refractivity contribution in [2.45, 2.75) is 13.8 Å². The number of phosphoric ester groups is 1. The zero-order valence-electron chi connectivity index (χ0n) is 11.4. The molecule has 1 rings (SSSR count). The summed E-state index contributed by atoms with van der Waals surface area (Å²) >= 11 is 0. The van der Waals surface area contributed by atoms with Crippen LogP contribution in [-0.2, 0) is 13.6 Å². The molecule has 0 unspecified atom stereocenters. The van der Waals surface area contributed by atoms with Crippen LogP contribution in [0.1, 0.15) is 34.6 Å². The molecule has 0 amide bonds. The highest BCUT2D eigenvalue weighted by molar-refractivity contribution is 7.48. The van der Waals surface area contributed by atoms with Gasteiger partial charge in [-0.25, -0.2) is 14.2 Å². The van der Waals surface area contributed by atoms with Crippen molar-refractivity contribution in [1.82, 2.24) is 0 Å². The average molecular weight is 318 g/mol. The van der Waals surface area contributed by atoms with E-state index in [1.807, 2.05) is 0 Å². The van der Waals surface area contributed by atoms with Crippen LogP contribution in [-0.4, -0.2) is 35.4 Å². The Labute approximate surface area is 120 Å². The molecule has 0 spiro atoms. The minimum absolute atomic E-state index is 0.0433. The van der Waals surface area contributed by atoms with Crippen LogP contribution in [0.2, 0.25) is 0 Å². The van der Waals surface area contributed by atoms with E-state index in [2.05, 4.69) is 0 Å². The Kier molecular flexibility index (Phi) is 5.90. The van der Waals surface area contributed by atoms with Gasteiger partial charge in [0, 0.05) is 0 Å². The number of carboxylic acids is 2. The smallest absolute Gasteiger partial charge is 0.478 e. The zero-order chi connectivity index (χ0) is 16.0. The molecule has 0 heterocycles. The Morgan fingerprint density at radius 3 is 1.76 bits per heavy atom. The summed E-state index contributed by atoms with van der Waals surface area (Å²) in [5.74, 6) is -2.91. The number of rotatable bonds is 8. The van der Waals surface area contributed by atoms with Crippen molar-refractivity contribution < 1.29 is 37.9 Å². The summed E-state index contributed by atoms with van der Waals surface area (Å²) in [7, 11) is -3.93. The van der Waals surface area contributed by atoms with Crippen LogP contribution in [0.3, 0.4) is 0 Å². The van der Waals surface area contributed by atoms with Gasteiger partial charge in [0.15, 0.2) is 0 Å². The van der Waals surface area contributed by atoms with E-state index in [0.717, 1.165) is 18.2 Å². The van der Waals surface area contributed by atoms with Gasteiger partial charge in [0.2, 0.25) is 0 Å². The monoisotopic (exact) mass is 318 g/mol. The third-order valence-corrected chi connectivity index (χ3v) is 3.78. The van der Waals surface area contributed by atoms with Gasteiger partial charge in [-0.1, -0.05) is 0 Å². The van der Waals surface area contributed by atoms with E-state index in [-0.39, 0.29) is 30.1 Å². The Bertz CT molecular complexity index is 540. The fourth-order valence-corrected chi connectivity index (χ4v) is 2.61. The zero-order valence-corrected chi connectivity index (χ0v) is 12.3. The summed E-state index contributed by atoms with van der Waals surface area (Å²) < 4.78 is 27.0. The molecular weight excluding hydrogens is 303 g/mol. The third-order valence-electron chi connectivity index (χ3n) is 2.19. The maximum atomic E-state index is 12.2. The van der Waals surface area contributed by atoms with Gasteiger partial charge in [-0.05, 0) is 32.0 Å². The molecule has 1 aromatic carbocycles. The van der Waals surface area contributed by atoms with E-state index in [1.54, 1.807) is 13.8 Å². The van der Waals surface area contributed by atoms with Crippen molar-refractivity contribution in [2.75, 3.05) is 13.2 Å². The molecule has 0 saturated carbocycles. The first-order valence-corrected chi connectivity index (χ1v) is 7.47. The van der Waals surface area contributed by atoms with E-state index in [1.165, 1.54) is 0 Å². The van der Waals surface area contributed by atoms with Crippen LogP contribution < -0.4 is 4.52 Å². The van der Waals surface area contributed by atoms with Gasteiger partial charge in [0.25, 0.3) is 0 Å². The Morgan fingerprint density at radius 1 is 1.00 bits per heavy atom. The number of phosphoric acid groups is 1. The highest BCUT2D eigenvalue weighted by Gasteiger charge is 2.28. The van der Waals surface area contributed by atoms with Crippen LogP contribution in [0.25, 0.3) is 0 Å². The van der Waals surface area contributed by atoms with E-state index in [9.17, 15) is 14.2 Å². The topological polar surface area (TPSA) is 119 Å². The minimum atomic E-state index is -3.93. The Hall–Kier alpha value is -1.89. The second-order valence-corrected chi connectivity index (χ2v) is 5.32. The molecular formula is C12H15O8P. The fourth-order valence-electron chi connectivity index (χ4n) is 1.43. The largest absolute Gasteiger partial charge is 0.530 e. The number of hydrogen-bond donors (Lipinski definition) is 2. The van der Waals surface area contributed by atoms with Crippen molar-refractivity contribution in [3.05, 3.63) is 29.3 Å². The highest BCUT2D eigenvalue weighted by atomic mass is 31.2. The summed E-state index contributed by atoms with van der Waals surface area (Å²) in [6.45, 7) is 3.24. The second kappa shape index (κ2) is 7.21. The summed E-state index contributed by atoms with van der Waals surface area (Å²) in [5.41, 5.74) is -0.631. The van der Waals surface area contributed by atoms with E-state index in [0.29, 0.717) is 0 Å². The van der Waals surface area contributed by atoms with Crippen molar-refractivity contribution >= 4 is 19.8 Å². The second-order valence-electron chi connectivity index (χ2n) is 3.73. The normalized spacial score (nSPS) is 11.1. The minimum Gasteiger partial charge on any atom is -0.478 e. The van der Waals surface area contributed by atoms with Crippen molar-refractivity contribution in [3.63, 3.8) is 0 Å². The molecule has 21 heavy (non-hydrogen) atoms. The first-order chi connectivity index (χ1) is 9.81. The maximum absolute atomic E-state index is 12.2. The van der Waals surface area contributed by atoms with E-state index in [4.69, 9.17) is 23.8 Å². The summed E-state index contributed by atoms with van der Waals surface area (Å²) in [6.07, 6.45) is 0. The van der Waals surface area contributed by atoms with Gasteiger partial charge in [0.1, 0.15) is 5.75 Å². The van der Waals surface area contributed by atoms with Crippen LogP contribution in [0, 0.1) is 0 Å². The molecule has 1 aromatic rings. The molecule has 0 atom stereocenters. The molecule has 0 saturated heterocycles. The Morgan fingerprint density at radius 2 is 1.43 bits per heavy atom. The quantitative estimate of drug-likeness (QED) is 0.702. The van der Waals surface area contributed by atoms with Crippen molar-refractivity contribution in [1.29, 1.82) is 0 Å². The van der Waals surface area contributed by atoms with Gasteiger partial charge < -0.3 is 14.7 Å². The molecule has 0 bridgehead atoms. The van der Waals surface area contributed by atoms with Crippen LogP contribution in [0.15, 0.2) is 18.2 Å².